The molecule has 0 fully saturated rings. The van der Waals surface area contributed by atoms with Crippen LogP contribution in [0.25, 0.3) is 0 Å². The Balaban J connectivity index is 1.84. The highest BCUT2D eigenvalue weighted by Crippen LogP contribution is 2.18. The first-order chi connectivity index (χ1) is 9.66. The molecule has 20 heavy (non-hydrogen) atoms. The van der Waals surface area contributed by atoms with Gasteiger partial charge < -0.3 is 10.6 Å². The molecule has 1 amide bonds. The zero-order valence-corrected chi connectivity index (χ0v) is 11.9. The fourth-order valence-corrected chi connectivity index (χ4v) is 2.11. The van der Waals surface area contributed by atoms with Crippen molar-refractivity contribution in [2.24, 2.45) is 0 Å². The zero-order valence-electron chi connectivity index (χ0n) is 11.9. The Hall–Kier alpha value is -2.13. The van der Waals surface area contributed by atoms with Crippen LogP contribution in [-0.4, -0.2) is 12.5 Å². The van der Waals surface area contributed by atoms with Crippen molar-refractivity contribution in [3.05, 3.63) is 65.2 Å². The number of benzene rings is 2. The van der Waals surface area contributed by atoms with Crippen molar-refractivity contribution in [1.29, 1.82) is 0 Å². The molecule has 2 aromatic rings. The normalized spacial score (nSPS) is 10.3. The van der Waals surface area contributed by atoms with E-state index < -0.39 is 0 Å². The second-order valence-corrected chi connectivity index (χ2v) is 4.90. The van der Waals surface area contributed by atoms with Crippen LogP contribution >= 0.6 is 0 Å². The largest absolute Gasteiger partial charge is 0.324 e. The third kappa shape index (κ3) is 3.93. The van der Waals surface area contributed by atoms with Gasteiger partial charge in [0.1, 0.15) is 0 Å². The van der Waals surface area contributed by atoms with Gasteiger partial charge >= 0.3 is 0 Å². The number of amides is 1. The number of carbonyl (C=O) groups is 1. The van der Waals surface area contributed by atoms with Gasteiger partial charge in [-0.05, 0) is 30.5 Å². The molecule has 0 aromatic heterocycles. The number of aryl methyl sites for hydroxylation is 2. The highest BCUT2D eigenvalue weighted by molar-refractivity contribution is 5.93. The number of carbonyl (C=O) groups excluding carboxylic acids is 1. The Bertz CT molecular complexity index is 559. The molecule has 2 rings (SSSR count). The summed E-state index contributed by atoms with van der Waals surface area (Å²) in [6, 6.07) is 16.0. The molecular formula is C17H20N2O. The summed E-state index contributed by atoms with van der Waals surface area (Å²) in [5.41, 5.74) is 4.26. The van der Waals surface area contributed by atoms with Gasteiger partial charge in [-0.2, -0.15) is 0 Å². The Morgan fingerprint density at radius 2 is 1.60 bits per heavy atom. The van der Waals surface area contributed by atoms with Gasteiger partial charge in [0.05, 0.1) is 6.54 Å². The average Bonchev–Trinajstić information content (AvgIpc) is 2.44. The van der Waals surface area contributed by atoms with E-state index in [0.717, 1.165) is 16.8 Å². The van der Waals surface area contributed by atoms with Gasteiger partial charge in [-0.3, -0.25) is 4.79 Å². The molecular weight excluding hydrogens is 248 g/mol. The molecule has 0 saturated carbocycles. The minimum Gasteiger partial charge on any atom is -0.324 e. The van der Waals surface area contributed by atoms with Gasteiger partial charge in [-0.15, -0.1) is 0 Å². The van der Waals surface area contributed by atoms with Crippen molar-refractivity contribution < 1.29 is 4.79 Å². The van der Waals surface area contributed by atoms with Crippen molar-refractivity contribution in [3.8, 4) is 0 Å². The lowest BCUT2D eigenvalue weighted by molar-refractivity contribution is -0.115. The van der Waals surface area contributed by atoms with E-state index in [1.807, 2.05) is 62.4 Å². The van der Waals surface area contributed by atoms with E-state index >= 15 is 0 Å². The molecule has 0 heterocycles. The fourth-order valence-electron chi connectivity index (χ4n) is 2.11. The first kappa shape index (κ1) is 14.3. The quantitative estimate of drug-likeness (QED) is 0.875. The Labute approximate surface area is 120 Å². The predicted molar refractivity (Wildman–Crippen MR) is 82.7 cm³/mol. The van der Waals surface area contributed by atoms with E-state index in [0.29, 0.717) is 13.1 Å². The van der Waals surface area contributed by atoms with Gasteiger partial charge in [0.25, 0.3) is 0 Å². The summed E-state index contributed by atoms with van der Waals surface area (Å²) in [5, 5.41) is 6.11. The van der Waals surface area contributed by atoms with Crippen LogP contribution in [0.4, 0.5) is 5.69 Å². The molecule has 2 aromatic carbocycles. The molecule has 0 aliphatic rings. The van der Waals surface area contributed by atoms with Gasteiger partial charge in [-0.1, -0.05) is 48.5 Å². The summed E-state index contributed by atoms with van der Waals surface area (Å²) in [6.45, 7) is 5.00. The maximum Gasteiger partial charge on any atom is 0.238 e. The van der Waals surface area contributed by atoms with Crippen LogP contribution in [0, 0.1) is 13.8 Å². The van der Waals surface area contributed by atoms with Crippen molar-refractivity contribution in [3.63, 3.8) is 0 Å². The summed E-state index contributed by atoms with van der Waals surface area (Å²) in [5.74, 6) is -0.0154. The Kier molecular flexibility index (Phi) is 4.91. The molecule has 104 valence electrons. The molecule has 0 aliphatic carbocycles. The average molecular weight is 268 g/mol. The lowest BCUT2D eigenvalue weighted by Gasteiger charge is -2.11. The van der Waals surface area contributed by atoms with Gasteiger partial charge in [0.15, 0.2) is 0 Å². The van der Waals surface area contributed by atoms with Crippen LogP contribution in [0.3, 0.4) is 0 Å². The topological polar surface area (TPSA) is 41.1 Å². The van der Waals surface area contributed by atoms with E-state index in [9.17, 15) is 4.79 Å². The van der Waals surface area contributed by atoms with Crippen LogP contribution in [0.5, 0.6) is 0 Å². The summed E-state index contributed by atoms with van der Waals surface area (Å²) in [7, 11) is 0. The summed E-state index contributed by atoms with van der Waals surface area (Å²) in [4.78, 5) is 11.9. The van der Waals surface area contributed by atoms with Crippen LogP contribution in [-0.2, 0) is 11.3 Å². The first-order valence-corrected chi connectivity index (χ1v) is 6.77. The SMILES string of the molecule is Cc1cccc(C)c1NC(=O)CNCc1ccccc1. The molecule has 0 atom stereocenters. The second kappa shape index (κ2) is 6.87. The van der Waals surface area contributed by atoms with E-state index in [2.05, 4.69) is 10.6 Å². The molecule has 2 N–H and O–H groups in total. The van der Waals surface area contributed by atoms with Crippen molar-refractivity contribution in [2.45, 2.75) is 20.4 Å². The third-order valence-electron chi connectivity index (χ3n) is 3.20. The molecule has 0 aliphatic heterocycles. The third-order valence-corrected chi connectivity index (χ3v) is 3.20. The minimum absolute atomic E-state index is 0.0154. The predicted octanol–water partition coefficient (Wildman–Crippen LogP) is 3.03. The van der Waals surface area contributed by atoms with Crippen LogP contribution < -0.4 is 10.6 Å². The van der Waals surface area contributed by atoms with E-state index in [1.165, 1.54) is 5.56 Å². The van der Waals surface area contributed by atoms with Crippen molar-refractivity contribution >= 4 is 11.6 Å². The molecule has 0 unspecified atom stereocenters. The molecule has 0 bridgehead atoms. The summed E-state index contributed by atoms with van der Waals surface area (Å²) in [6.07, 6.45) is 0. The van der Waals surface area contributed by atoms with Crippen molar-refractivity contribution in [2.75, 3.05) is 11.9 Å². The maximum atomic E-state index is 11.9. The smallest absolute Gasteiger partial charge is 0.238 e. The number of para-hydroxylation sites is 1. The Morgan fingerprint density at radius 1 is 0.950 bits per heavy atom. The van der Waals surface area contributed by atoms with E-state index in [4.69, 9.17) is 0 Å². The Morgan fingerprint density at radius 3 is 2.25 bits per heavy atom. The van der Waals surface area contributed by atoms with E-state index in [-0.39, 0.29) is 5.91 Å². The van der Waals surface area contributed by atoms with Gasteiger partial charge in [0.2, 0.25) is 5.91 Å². The van der Waals surface area contributed by atoms with Crippen LogP contribution in [0.15, 0.2) is 48.5 Å². The second-order valence-electron chi connectivity index (χ2n) is 4.90. The summed E-state index contributed by atoms with van der Waals surface area (Å²) >= 11 is 0. The highest BCUT2D eigenvalue weighted by Gasteiger charge is 2.06. The standard InChI is InChI=1S/C17H20N2O/c1-13-7-6-8-14(2)17(13)19-16(20)12-18-11-15-9-4-3-5-10-15/h3-10,18H,11-12H2,1-2H3,(H,19,20). The lowest BCUT2D eigenvalue weighted by Crippen LogP contribution is -2.28. The molecule has 0 saturated heterocycles. The summed E-state index contributed by atoms with van der Waals surface area (Å²) < 4.78 is 0. The maximum absolute atomic E-state index is 11.9. The lowest BCUT2D eigenvalue weighted by atomic mass is 10.1. The molecule has 3 nitrogen and oxygen atoms in total. The van der Waals surface area contributed by atoms with Crippen LogP contribution in [0.1, 0.15) is 16.7 Å². The van der Waals surface area contributed by atoms with Gasteiger partial charge in [-0.25, -0.2) is 0 Å². The van der Waals surface area contributed by atoms with Crippen LogP contribution in [0.2, 0.25) is 0 Å². The monoisotopic (exact) mass is 268 g/mol. The number of hydrogen-bond acceptors (Lipinski definition) is 2. The van der Waals surface area contributed by atoms with Crippen molar-refractivity contribution in [1.82, 2.24) is 5.32 Å². The number of rotatable bonds is 5. The number of anilines is 1. The highest BCUT2D eigenvalue weighted by atomic mass is 16.1. The number of hydrogen-bond donors (Lipinski definition) is 2. The molecule has 3 heteroatoms. The first-order valence-electron chi connectivity index (χ1n) is 6.77. The van der Waals surface area contributed by atoms with Gasteiger partial charge in [0, 0.05) is 12.2 Å². The number of nitrogens with one attached hydrogen (secondary N) is 2. The fraction of sp³-hybridized carbons (Fsp3) is 0.235. The molecule has 0 spiro atoms. The minimum atomic E-state index is -0.0154. The molecule has 0 radical (unpaired) electrons. The van der Waals surface area contributed by atoms with E-state index in [1.54, 1.807) is 0 Å². The zero-order chi connectivity index (χ0) is 14.4.